The summed E-state index contributed by atoms with van der Waals surface area (Å²) in [6, 6.07) is 12.7. The molecular formula is C18H16FN3O. The maximum absolute atomic E-state index is 14.1. The van der Waals surface area contributed by atoms with Crippen molar-refractivity contribution in [3.63, 3.8) is 0 Å². The molecule has 0 aliphatic heterocycles. The van der Waals surface area contributed by atoms with Gasteiger partial charge in [-0.15, -0.1) is 0 Å². The van der Waals surface area contributed by atoms with E-state index in [4.69, 9.17) is 5.73 Å². The van der Waals surface area contributed by atoms with Crippen molar-refractivity contribution in [3.8, 4) is 5.69 Å². The summed E-state index contributed by atoms with van der Waals surface area (Å²) >= 11 is 0. The van der Waals surface area contributed by atoms with Crippen LogP contribution in [0.25, 0.3) is 16.6 Å². The number of para-hydroxylation sites is 1. The van der Waals surface area contributed by atoms with E-state index in [9.17, 15) is 9.18 Å². The average Bonchev–Trinajstić information content (AvgIpc) is 2.54. The Bertz CT molecular complexity index is 948. The molecule has 0 aliphatic rings. The largest absolute Gasteiger partial charge is 0.318 e. The lowest BCUT2D eigenvalue weighted by molar-refractivity contribution is 0.634. The highest BCUT2D eigenvalue weighted by molar-refractivity contribution is 5.78. The number of hydrogen-bond donors (Lipinski definition) is 1. The lowest BCUT2D eigenvalue weighted by atomic mass is 10.1. The monoisotopic (exact) mass is 309 g/mol. The molecule has 0 radical (unpaired) electrons. The van der Waals surface area contributed by atoms with Gasteiger partial charge in [-0.3, -0.25) is 9.36 Å². The summed E-state index contributed by atoms with van der Waals surface area (Å²) in [6.07, 6.45) is 0. The van der Waals surface area contributed by atoms with Crippen LogP contribution in [-0.4, -0.2) is 9.55 Å². The van der Waals surface area contributed by atoms with Gasteiger partial charge in [0.05, 0.1) is 17.2 Å². The number of nitrogens with zero attached hydrogens (tertiary/aromatic N) is 2. The van der Waals surface area contributed by atoms with Crippen LogP contribution in [0.5, 0.6) is 0 Å². The molecule has 0 spiro atoms. The molecule has 2 N–H and O–H groups in total. The molecule has 0 unspecified atom stereocenters. The van der Waals surface area contributed by atoms with Gasteiger partial charge in [-0.1, -0.05) is 36.4 Å². The molecule has 0 saturated heterocycles. The first kappa shape index (κ1) is 15.1. The van der Waals surface area contributed by atoms with Crippen molar-refractivity contribution < 1.29 is 4.39 Å². The van der Waals surface area contributed by atoms with E-state index >= 15 is 0 Å². The molecule has 2 aromatic carbocycles. The van der Waals surface area contributed by atoms with E-state index in [2.05, 4.69) is 11.6 Å². The SMILES string of the molecule is C=C(C)[C@H](N)c1nc2cccc(F)c2c(=O)n1-c1ccccc1. The number of rotatable bonds is 3. The van der Waals surface area contributed by atoms with Crippen LogP contribution in [0.2, 0.25) is 0 Å². The Morgan fingerprint density at radius 3 is 2.57 bits per heavy atom. The van der Waals surface area contributed by atoms with Crippen LogP contribution in [0.1, 0.15) is 18.8 Å². The molecule has 5 heteroatoms. The maximum Gasteiger partial charge on any atom is 0.269 e. The average molecular weight is 309 g/mol. The van der Waals surface area contributed by atoms with Gasteiger partial charge in [-0.25, -0.2) is 9.37 Å². The van der Waals surface area contributed by atoms with Crippen molar-refractivity contribution in [2.45, 2.75) is 13.0 Å². The molecule has 3 rings (SSSR count). The molecule has 23 heavy (non-hydrogen) atoms. The van der Waals surface area contributed by atoms with Crippen molar-refractivity contribution in [2.24, 2.45) is 5.73 Å². The van der Waals surface area contributed by atoms with Crippen molar-refractivity contribution in [1.82, 2.24) is 9.55 Å². The second kappa shape index (κ2) is 5.78. The highest BCUT2D eigenvalue weighted by Crippen LogP contribution is 2.21. The Hall–Kier alpha value is -2.79. The van der Waals surface area contributed by atoms with E-state index in [1.807, 2.05) is 6.07 Å². The van der Waals surface area contributed by atoms with Crippen molar-refractivity contribution in [3.05, 3.63) is 82.7 Å². The fraction of sp³-hybridized carbons (Fsp3) is 0.111. The predicted octanol–water partition coefficient (Wildman–Crippen LogP) is 3.10. The maximum atomic E-state index is 14.1. The van der Waals surface area contributed by atoms with Gasteiger partial charge < -0.3 is 5.73 Å². The number of aromatic nitrogens is 2. The molecule has 0 aliphatic carbocycles. The number of benzene rings is 2. The summed E-state index contributed by atoms with van der Waals surface area (Å²) in [5.74, 6) is -0.257. The van der Waals surface area contributed by atoms with E-state index in [-0.39, 0.29) is 10.9 Å². The van der Waals surface area contributed by atoms with E-state index in [0.717, 1.165) is 0 Å². The summed E-state index contributed by atoms with van der Waals surface area (Å²) in [4.78, 5) is 17.3. The zero-order chi connectivity index (χ0) is 16.6. The highest BCUT2D eigenvalue weighted by atomic mass is 19.1. The van der Waals surface area contributed by atoms with E-state index in [1.165, 1.54) is 16.7 Å². The van der Waals surface area contributed by atoms with E-state index < -0.39 is 17.4 Å². The van der Waals surface area contributed by atoms with Gasteiger partial charge in [0.25, 0.3) is 5.56 Å². The minimum Gasteiger partial charge on any atom is -0.318 e. The Labute approximate surface area is 132 Å². The summed E-state index contributed by atoms with van der Waals surface area (Å²) in [7, 11) is 0. The smallest absolute Gasteiger partial charge is 0.269 e. The third-order valence-electron chi connectivity index (χ3n) is 3.70. The molecule has 0 fully saturated rings. The van der Waals surface area contributed by atoms with Gasteiger partial charge in [-0.05, 0) is 31.2 Å². The van der Waals surface area contributed by atoms with Crippen LogP contribution >= 0.6 is 0 Å². The molecule has 0 amide bonds. The standard InChI is InChI=1S/C18H16FN3O/c1-11(2)16(20)17-21-14-10-6-9-13(19)15(14)18(23)22(17)12-7-4-3-5-8-12/h3-10,16H,1,20H2,2H3/t16-/m0/s1. The third-order valence-corrected chi connectivity index (χ3v) is 3.70. The molecular weight excluding hydrogens is 293 g/mol. The Morgan fingerprint density at radius 2 is 1.91 bits per heavy atom. The van der Waals surface area contributed by atoms with Crippen LogP contribution in [0.3, 0.4) is 0 Å². The lowest BCUT2D eigenvalue weighted by Gasteiger charge is -2.18. The molecule has 116 valence electrons. The van der Waals surface area contributed by atoms with Crippen molar-refractivity contribution >= 4 is 10.9 Å². The molecule has 1 heterocycles. The number of nitrogens with two attached hydrogens (primary N) is 1. The van der Waals surface area contributed by atoms with Crippen LogP contribution in [0, 0.1) is 5.82 Å². The third kappa shape index (κ3) is 2.55. The zero-order valence-electron chi connectivity index (χ0n) is 12.7. The second-order valence-electron chi connectivity index (χ2n) is 5.40. The minimum atomic E-state index is -0.629. The van der Waals surface area contributed by atoms with Crippen molar-refractivity contribution in [2.75, 3.05) is 0 Å². The molecule has 0 saturated carbocycles. The van der Waals surface area contributed by atoms with Gasteiger partial charge in [-0.2, -0.15) is 0 Å². The summed E-state index contributed by atoms with van der Waals surface area (Å²) < 4.78 is 15.5. The zero-order valence-corrected chi connectivity index (χ0v) is 12.7. The van der Waals surface area contributed by atoms with Crippen molar-refractivity contribution in [1.29, 1.82) is 0 Å². The molecule has 1 aromatic heterocycles. The molecule has 1 atom stereocenters. The van der Waals surface area contributed by atoms with Crippen LogP contribution in [0.4, 0.5) is 4.39 Å². The number of fused-ring (bicyclic) bond motifs is 1. The summed E-state index contributed by atoms with van der Waals surface area (Å²) in [5, 5.41) is -0.0472. The normalized spacial score (nSPS) is 12.3. The first-order chi connectivity index (χ1) is 11.0. The molecule has 3 aromatic rings. The summed E-state index contributed by atoms with van der Waals surface area (Å²) in [6.45, 7) is 5.60. The second-order valence-corrected chi connectivity index (χ2v) is 5.40. The highest BCUT2D eigenvalue weighted by Gasteiger charge is 2.20. The number of halogens is 1. The van der Waals surface area contributed by atoms with Crippen LogP contribution < -0.4 is 11.3 Å². The quantitative estimate of drug-likeness (QED) is 0.756. The van der Waals surface area contributed by atoms with Gasteiger partial charge in [0.15, 0.2) is 0 Å². The fourth-order valence-corrected chi connectivity index (χ4v) is 2.46. The Balaban J connectivity index is 2.46. The Kier molecular flexibility index (Phi) is 3.80. The van der Waals surface area contributed by atoms with Crippen LogP contribution in [0.15, 0.2) is 65.5 Å². The van der Waals surface area contributed by atoms with E-state index in [0.29, 0.717) is 17.1 Å². The first-order valence-corrected chi connectivity index (χ1v) is 7.18. The van der Waals surface area contributed by atoms with Gasteiger partial charge in [0, 0.05) is 0 Å². The van der Waals surface area contributed by atoms with Gasteiger partial charge in [0.1, 0.15) is 17.0 Å². The Morgan fingerprint density at radius 1 is 1.22 bits per heavy atom. The van der Waals surface area contributed by atoms with Gasteiger partial charge >= 0.3 is 0 Å². The van der Waals surface area contributed by atoms with E-state index in [1.54, 1.807) is 37.3 Å². The topological polar surface area (TPSA) is 60.9 Å². The molecule has 0 bridgehead atoms. The molecule has 4 nitrogen and oxygen atoms in total. The minimum absolute atomic E-state index is 0.0472. The first-order valence-electron chi connectivity index (χ1n) is 7.18. The summed E-state index contributed by atoms with van der Waals surface area (Å²) in [5.41, 5.74) is 7.21. The predicted molar refractivity (Wildman–Crippen MR) is 89.0 cm³/mol. The van der Waals surface area contributed by atoms with Gasteiger partial charge in [0.2, 0.25) is 0 Å². The van der Waals surface area contributed by atoms with Crippen LogP contribution in [-0.2, 0) is 0 Å². The fourth-order valence-electron chi connectivity index (χ4n) is 2.46. The number of hydrogen-bond acceptors (Lipinski definition) is 3. The lowest BCUT2D eigenvalue weighted by Crippen LogP contribution is -2.29.